The van der Waals surface area contributed by atoms with Crippen molar-refractivity contribution in [3.8, 4) is 5.75 Å². The summed E-state index contributed by atoms with van der Waals surface area (Å²) in [7, 11) is 0. The Balaban J connectivity index is 1.98. The molecule has 0 saturated heterocycles. The van der Waals surface area contributed by atoms with Gasteiger partial charge < -0.3 is 4.74 Å². The summed E-state index contributed by atoms with van der Waals surface area (Å²) in [5.74, 6) is 0.869. The fourth-order valence-corrected chi connectivity index (χ4v) is 2.23. The monoisotopic (exact) mass is 364 g/mol. The lowest BCUT2D eigenvalue weighted by molar-refractivity contribution is 0.309. The van der Waals surface area contributed by atoms with E-state index in [4.69, 9.17) is 4.74 Å². The summed E-state index contributed by atoms with van der Waals surface area (Å²) in [5, 5.41) is 13.7. The molecule has 0 saturated carbocycles. The normalized spacial score (nSPS) is 11.2. The number of benzene rings is 1. The molecular formula is C16H21BrN4O. The molecule has 0 aliphatic rings. The molecular weight excluding hydrogens is 344 g/mol. The van der Waals surface area contributed by atoms with E-state index in [1.165, 1.54) is 0 Å². The van der Waals surface area contributed by atoms with Gasteiger partial charge in [-0.05, 0) is 37.6 Å². The Morgan fingerprint density at radius 1 is 1.23 bits per heavy atom. The fourth-order valence-electron chi connectivity index (χ4n) is 1.90. The van der Waals surface area contributed by atoms with Crippen molar-refractivity contribution in [2.24, 2.45) is 10.2 Å². The molecule has 0 bridgehead atoms. The van der Waals surface area contributed by atoms with Crippen molar-refractivity contribution in [2.75, 3.05) is 11.9 Å². The number of aromatic nitrogens is 2. The Bertz CT molecular complexity index is 607. The van der Waals surface area contributed by atoms with E-state index >= 15 is 0 Å². The lowest BCUT2D eigenvalue weighted by atomic mass is 10.3. The summed E-state index contributed by atoms with van der Waals surface area (Å²) in [4.78, 5) is 0. The molecule has 0 unspecified atom stereocenters. The van der Waals surface area contributed by atoms with Gasteiger partial charge in [-0.15, -0.1) is 5.11 Å². The highest BCUT2D eigenvalue weighted by atomic mass is 79.9. The lowest BCUT2D eigenvalue weighted by Crippen LogP contribution is -2.02. The summed E-state index contributed by atoms with van der Waals surface area (Å²) in [6.45, 7) is 5.72. The van der Waals surface area contributed by atoms with Crippen molar-refractivity contribution in [1.29, 1.82) is 0 Å². The van der Waals surface area contributed by atoms with Crippen LogP contribution in [0.15, 0.2) is 40.7 Å². The van der Waals surface area contributed by atoms with E-state index in [1.807, 2.05) is 35.9 Å². The molecule has 22 heavy (non-hydrogen) atoms. The number of rotatable bonds is 8. The minimum Gasteiger partial charge on any atom is -0.494 e. The molecule has 6 heteroatoms. The van der Waals surface area contributed by atoms with Gasteiger partial charge in [-0.2, -0.15) is 10.2 Å². The molecule has 0 N–H and O–H groups in total. The van der Waals surface area contributed by atoms with Gasteiger partial charge in [0.2, 0.25) is 0 Å². The summed E-state index contributed by atoms with van der Waals surface area (Å²) >= 11 is 3.41. The Labute approximate surface area is 139 Å². The molecule has 0 amide bonds. The van der Waals surface area contributed by atoms with Gasteiger partial charge in [0.1, 0.15) is 11.4 Å². The van der Waals surface area contributed by atoms with E-state index < -0.39 is 0 Å². The Hall–Kier alpha value is -1.69. The van der Waals surface area contributed by atoms with Gasteiger partial charge in [0.15, 0.2) is 0 Å². The highest BCUT2D eigenvalue weighted by molar-refractivity contribution is 9.09. The molecule has 0 spiro atoms. The van der Waals surface area contributed by atoms with Crippen LogP contribution in [0.25, 0.3) is 0 Å². The lowest BCUT2D eigenvalue weighted by Gasteiger charge is -2.04. The quantitative estimate of drug-likeness (QED) is 0.368. The SMILES string of the molecule is CCCCOc1ccc(/N=N/c2cnn(CCBr)c2C)cc1. The third kappa shape index (κ3) is 4.66. The highest BCUT2D eigenvalue weighted by Gasteiger charge is 2.04. The molecule has 1 aromatic carbocycles. The summed E-state index contributed by atoms with van der Waals surface area (Å²) < 4.78 is 7.53. The van der Waals surface area contributed by atoms with Crippen molar-refractivity contribution < 1.29 is 4.74 Å². The molecule has 118 valence electrons. The van der Waals surface area contributed by atoms with Crippen molar-refractivity contribution in [3.63, 3.8) is 0 Å². The van der Waals surface area contributed by atoms with E-state index in [-0.39, 0.29) is 0 Å². The van der Waals surface area contributed by atoms with Crippen molar-refractivity contribution in [1.82, 2.24) is 9.78 Å². The molecule has 2 rings (SSSR count). The third-order valence-electron chi connectivity index (χ3n) is 3.25. The maximum Gasteiger partial charge on any atom is 0.126 e. The summed E-state index contributed by atoms with van der Waals surface area (Å²) in [6, 6.07) is 7.66. The van der Waals surface area contributed by atoms with Crippen LogP contribution in [0.5, 0.6) is 5.75 Å². The van der Waals surface area contributed by atoms with Crippen molar-refractivity contribution in [3.05, 3.63) is 36.2 Å². The number of hydrogen-bond acceptors (Lipinski definition) is 4. The van der Waals surface area contributed by atoms with Crippen LogP contribution in [0.1, 0.15) is 25.5 Å². The van der Waals surface area contributed by atoms with Crippen molar-refractivity contribution >= 4 is 27.3 Å². The van der Waals surface area contributed by atoms with Crippen LogP contribution in [0.2, 0.25) is 0 Å². The van der Waals surface area contributed by atoms with Crippen LogP contribution in [0.4, 0.5) is 11.4 Å². The largest absolute Gasteiger partial charge is 0.494 e. The van der Waals surface area contributed by atoms with Crippen LogP contribution in [-0.2, 0) is 6.54 Å². The van der Waals surface area contributed by atoms with Crippen LogP contribution in [-0.4, -0.2) is 21.7 Å². The number of aryl methyl sites for hydroxylation is 1. The minimum atomic E-state index is 0.753. The van der Waals surface area contributed by atoms with Crippen LogP contribution in [0, 0.1) is 6.92 Å². The molecule has 2 aromatic rings. The second-order valence-corrected chi connectivity index (χ2v) is 5.72. The molecule has 0 aliphatic heterocycles. The Morgan fingerprint density at radius 3 is 2.68 bits per heavy atom. The molecule has 1 heterocycles. The Morgan fingerprint density at radius 2 is 2.00 bits per heavy atom. The first-order valence-electron chi connectivity index (χ1n) is 7.47. The predicted octanol–water partition coefficient (Wildman–Crippen LogP) is 5.18. The summed E-state index contributed by atoms with van der Waals surface area (Å²) in [5.41, 5.74) is 2.61. The van der Waals surface area contributed by atoms with E-state index in [9.17, 15) is 0 Å². The van der Waals surface area contributed by atoms with E-state index in [0.717, 1.165) is 54.1 Å². The molecule has 1 aromatic heterocycles. The molecule has 0 fully saturated rings. The molecule has 0 aliphatic carbocycles. The zero-order valence-corrected chi connectivity index (χ0v) is 14.6. The van der Waals surface area contributed by atoms with Gasteiger partial charge in [0.25, 0.3) is 0 Å². The number of nitrogens with zero attached hydrogens (tertiary/aromatic N) is 4. The summed E-state index contributed by atoms with van der Waals surface area (Å²) in [6.07, 6.45) is 3.94. The highest BCUT2D eigenvalue weighted by Crippen LogP contribution is 2.23. The van der Waals surface area contributed by atoms with E-state index in [0.29, 0.717) is 0 Å². The second kappa shape index (κ2) is 8.68. The average Bonchev–Trinajstić information content (AvgIpc) is 2.88. The second-order valence-electron chi connectivity index (χ2n) is 4.92. The predicted molar refractivity (Wildman–Crippen MR) is 91.8 cm³/mol. The van der Waals surface area contributed by atoms with Crippen molar-refractivity contribution in [2.45, 2.75) is 33.2 Å². The third-order valence-corrected chi connectivity index (χ3v) is 3.60. The van der Waals surface area contributed by atoms with Crippen LogP contribution < -0.4 is 4.74 Å². The number of alkyl halides is 1. The zero-order chi connectivity index (χ0) is 15.8. The van der Waals surface area contributed by atoms with Gasteiger partial charge in [-0.3, -0.25) is 4.68 Å². The topological polar surface area (TPSA) is 51.8 Å². The smallest absolute Gasteiger partial charge is 0.126 e. The van der Waals surface area contributed by atoms with E-state index in [1.54, 1.807) is 6.20 Å². The Kier molecular flexibility index (Phi) is 6.58. The standard InChI is InChI=1S/C16H21BrN4O/c1-3-4-11-22-15-7-5-14(6-8-15)19-20-16-12-18-21(10-9-17)13(16)2/h5-8,12H,3-4,9-11H2,1-2H3/b20-19+. The van der Waals surface area contributed by atoms with Gasteiger partial charge >= 0.3 is 0 Å². The van der Waals surface area contributed by atoms with Crippen LogP contribution >= 0.6 is 15.9 Å². The molecule has 5 nitrogen and oxygen atoms in total. The maximum absolute atomic E-state index is 5.62. The number of hydrogen-bond donors (Lipinski definition) is 0. The number of azo groups is 1. The number of halogens is 1. The molecule has 0 atom stereocenters. The first-order chi connectivity index (χ1) is 10.7. The van der Waals surface area contributed by atoms with Gasteiger partial charge in [-0.25, -0.2) is 0 Å². The van der Waals surface area contributed by atoms with Crippen LogP contribution in [0.3, 0.4) is 0 Å². The number of unbranched alkanes of at least 4 members (excludes halogenated alkanes) is 1. The average molecular weight is 365 g/mol. The number of ether oxygens (including phenoxy) is 1. The van der Waals surface area contributed by atoms with Gasteiger partial charge in [0.05, 0.1) is 30.7 Å². The van der Waals surface area contributed by atoms with Gasteiger partial charge in [-0.1, -0.05) is 29.3 Å². The fraction of sp³-hybridized carbons (Fsp3) is 0.438. The first kappa shape index (κ1) is 16.7. The van der Waals surface area contributed by atoms with E-state index in [2.05, 4.69) is 38.2 Å². The first-order valence-corrected chi connectivity index (χ1v) is 8.59. The minimum absolute atomic E-state index is 0.753. The van der Waals surface area contributed by atoms with Gasteiger partial charge in [0, 0.05) is 5.33 Å². The maximum atomic E-state index is 5.62. The molecule has 0 radical (unpaired) electrons. The zero-order valence-electron chi connectivity index (χ0n) is 13.0.